The van der Waals surface area contributed by atoms with Gasteiger partial charge >= 0.3 is 12.4 Å². The molecule has 0 fully saturated rings. The van der Waals surface area contributed by atoms with E-state index in [1.165, 1.54) is 0 Å². The van der Waals surface area contributed by atoms with Gasteiger partial charge in [-0.25, -0.2) is 0 Å². The van der Waals surface area contributed by atoms with Crippen molar-refractivity contribution in [3.8, 4) is 0 Å². The van der Waals surface area contributed by atoms with Gasteiger partial charge in [0.1, 0.15) is 0 Å². The highest BCUT2D eigenvalue weighted by Gasteiger charge is 2.45. The molecule has 0 N–H and O–H groups in total. The van der Waals surface area contributed by atoms with E-state index in [-0.39, 0.29) is 12.8 Å². The second kappa shape index (κ2) is 3.47. The minimum atomic E-state index is -4.62. The molecule has 0 radical (unpaired) electrons. The first kappa shape index (κ1) is 11.4. The molecule has 6 heteroatoms. The topological polar surface area (TPSA) is 0 Å². The predicted octanol–water partition coefficient (Wildman–Crippen LogP) is 3.84. The van der Waals surface area contributed by atoms with Crippen LogP contribution in [-0.4, -0.2) is 12.4 Å². The highest BCUT2D eigenvalue weighted by atomic mass is 19.4. The zero-order valence-corrected chi connectivity index (χ0v) is 7.04. The van der Waals surface area contributed by atoms with Gasteiger partial charge in [0.05, 0.1) is 5.92 Å². The molecule has 1 rings (SSSR count). The number of alkyl halides is 6. The predicted molar refractivity (Wildman–Crippen MR) is 37.5 cm³/mol. The van der Waals surface area contributed by atoms with Crippen LogP contribution in [0.5, 0.6) is 0 Å². The Hall–Kier alpha value is -0.680. The van der Waals surface area contributed by atoms with Gasteiger partial charge in [-0.1, -0.05) is 6.08 Å². The Morgan fingerprint density at radius 3 is 2.07 bits per heavy atom. The van der Waals surface area contributed by atoms with Crippen LogP contribution in [0.3, 0.4) is 0 Å². The maximum atomic E-state index is 12.1. The van der Waals surface area contributed by atoms with Crippen LogP contribution in [0, 0.1) is 5.92 Å². The number of hydrogen-bond acceptors (Lipinski definition) is 0. The van der Waals surface area contributed by atoms with E-state index in [0.29, 0.717) is 0 Å². The van der Waals surface area contributed by atoms with Gasteiger partial charge in [0, 0.05) is 5.57 Å². The van der Waals surface area contributed by atoms with Gasteiger partial charge in [0.2, 0.25) is 0 Å². The smallest absolute Gasteiger partial charge is 0.171 e. The maximum absolute atomic E-state index is 12.1. The highest BCUT2D eigenvalue weighted by molar-refractivity contribution is 5.13. The van der Waals surface area contributed by atoms with E-state index in [9.17, 15) is 26.3 Å². The summed E-state index contributed by atoms with van der Waals surface area (Å²) in [6, 6.07) is 0. The summed E-state index contributed by atoms with van der Waals surface area (Å²) in [5.74, 6) is -1.84. The Bertz CT molecular complexity index is 233. The lowest BCUT2D eigenvalue weighted by Gasteiger charge is -2.25. The van der Waals surface area contributed by atoms with Crippen molar-refractivity contribution in [2.75, 3.05) is 0 Å². The summed E-state index contributed by atoms with van der Waals surface area (Å²) in [5.41, 5.74) is -1.05. The maximum Gasteiger partial charge on any atom is 0.412 e. The molecule has 1 atom stereocenters. The van der Waals surface area contributed by atoms with Gasteiger partial charge in [-0.05, 0) is 19.3 Å². The summed E-state index contributed by atoms with van der Waals surface area (Å²) < 4.78 is 72.5. The van der Waals surface area contributed by atoms with Crippen molar-refractivity contribution in [2.45, 2.75) is 31.6 Å². The quantitative estimate of drug-likeness (QED) is 0.428. The van der Waals surface area contributed by atoms with Crippen LogP contribution in [0.2, 0.25) is 0 Å². The average molecular weight is 218 g/mol. The number of rotatable bonds is 0. The molecule has 0 aromatic heterocycles. The summed E-state index contributed by atoms with van der Waals surface area (Å²) in [6.45, 7) is 0. The highest BCUT2D eigenvalue weighted by Crippen LogP contribution is 2.42. The fraction of sp³-hybridized carbons (Fsp3) is 0.750. The van der Waals surface area contributed by atoms with Crippen molar-refractivity contribution in [3.05, 3.63) is 11.6 Å². The summed E-state index contributed by atoms with van der Waals surface area (Å²) in [7, 11) is 0. The zero-order valence-electron chi connectivity index (χ0n) is 7.04. The first-order chi connectivity index (χ1) is 6.21. The molecule has 0 aliphatic heterocycles. The SMILES string of the molecule is FC(F)(F)C1=CCCC(C(F)(F)F)C1. The van der Waals surface area contributed by atoms with E-state index < -0.39 is 30.3 Å². The fourth-order valence-corrected chi connectivity index (χ4v) is 1.42. The summed E-state index contributed by atoms with van der Waals surface area (Å²) >= 11 is 0. The molecule has 0 spiro atoms. The van der Waals surface area contributed by atoms with Crippen molar-refractivity contribution < 1.29 is 26.3 Å². The molecule has 1 aliphatic carbocycles. The summed E-state index contributed by atoms with van der Waals surface area (Å²) in [6.07, 6.45) is -9.63. The molecule has 0 saturated carbocycles. The monoisotopic (exact) mass is 218 g/mol. The number of halogens is 6. The fourth-order valence-electron chi connectivity index (χ4n) is 1.42. The van der Waals surface area contributed by atoms with E-state index in [0.717, 1.165) is 6.08 Å². The van der Waals surface area contributed by atoms with Crippen molar-refractivity contribution in [1.29, 1.82) is 0 Å². The van der Waals surface area contributed by atoms with E-state index in [1.54, 1.807) is 0 Å². The van der Waals surface area contributed by atoms with Gasteiger partial charge in [0.15, 0.2) is 0 Å². The zero-order chi connectivity index (χ0) is 11.0. The third-order valence-electron chi connectivity index (χ3n) is 2.20. The molecular weight excluding hydrogens is 210 g/mol. The van der Waals surface area contributed by atoms with Crippen LogP contribution in [0.1, 0.15) is 19.3 Å². The molecule has 82 valence electrons. The lowest BCUT2D eigenvalue weighted by Crippen LogP contribution is -2.28. The second-order valence-electron chi connectivity index (χ2n) is 3.25. The molecule has 0 saturated heterocycles. The molecule has 0 bridgehead atoms. The molecule has 1 unspecified atom stereocenters. The number of allylic oxidation sites excluding steroid dienone is 2. The van der Waals surface area contributed by atoms with Crippen molar-refractivity contribution >= 4 is 0 Å². The third kappa shape index (κ3) is 2.65. The molecule has 14 heavy (non-hydrogen) atoms. The Morgan fingerprint density at radius 2 is 1.64 bits per heavy atom. The minimum Gasteiger partial charge on any atom is -0.171 e. The second-order valence-corrected chi connectivity index (χ2v) is 3.25. The van der Waals surface area contributed by atoms with Gasteiger partial charge in [-0.15, -0.1) is 0 Å². The van der Waals surface area contributed by atoms with Crippen molar-refractivity contribution in [3.63, 3.8) is 0 Å². The molecular formula is C8H8F6. The van der Waals surface area contributed by atoms with Crippen molar-refractivity contribution in [2.24, 2.45) is 5.92 Å². The van der Waals surface area contributed by atoms with Crippen LogP contribution in [0.25, 0.3) is 0 Å². The molecule has 0 heterocycles. The molecule has 1 aliphatic rings. The molecule has 0 aromatic rings. The van der Waals surface area contributed by atoms with E-state index in [2.05, 4.69) is 0 Å². The minimum absolute atomic E-state index is 0.154. The largest absolute Gasteiger partial charge is 0.412 e. The summed E-state index contributed by atoms with van der Waals surface area (Å²) in [5, 5.41) is 0. The van der Waals surface area contributed by atoms with E-state index in [1.807, 2.05) is 0 Å². The number of hydrogen-bond donors (Lipinski definition) is 0. The normalized spacial score (nSPS) is 24.7. The third-order valence-corrected chi connectivity index (χ3v) is 2.20. The van der Waals surface area contributed by atoms with Crippen LogP contribution in [0.15, 0.2) is 11.6 Å². The van der Waals surface area contributed by atoms with Crippen molar-refractivity contribution in [1.82, 2.24) is 0 Å². The Labute approximate surface area is 76.6 Å². The molecule has 0 amide bonds. The standard InChI is InChI=1S/C8H8F6/c9-7(10,11)5-2-1-3-6(4-5)8(12,13)14/h2,6H,1,3-4H2. The lowest BCUT2D eigenvalue weighted by molar-refractivity contribution is -0.181. The first-order valence-electron chi connectivity index (χ1n) is 4.04. The lowest BCUT2D eigenvalue weighted by atomic mass is 9.88. The molecule has 0 aromatic carbocycles. The van der Waals surface area contributed by atoms with Gasteiger partial charge < -0.3 is 0 Å². The summed E-state index contributed by atoms with van der Waals surface area (Å²) in [4.78, 5) is 0. The van der Waals surface area contributed by atoms with Gasteiger partial charge in [-0.3, -0.25) is 0 Å². The van der Waals surface area contributed by atoms with Gasteiger partial charge in [0.25, 0.3) is 0 Å². The Balaban J connectivity index is 2.73. The van der Waals surface area contributed by atoms with Crippen LogP contribution in [-0.2, 0) is 0 Å². The first-order valence-corrected chi connectivity index (χ1v) is 4.04. The Kier molecular flexibility index (Phi) is 2.83. The van der Waals surface area contributed by atoms with E-state index in [4.69, 9.17) is 0 Å². The van der Waals surface area contributed by atoms with Gasteiger partial charge in [-0.2, -0.15) is 26.3 Å². The average Bonchev–Trinajstić information content (AvgIpc) is 2.01. The molecule has 0 nitrogen and oxygen atoms in total. The van der Waals surface area contributed by atoms with Crippen LogP contribution in [0.4, 0.5) is 26.3 Å². The van der Waals surface area contributed by atoms with E-state index >= 15 is 0 Å². The Morgan fingerprint density at radius 1 is 1.07 bits per heavy atom. The van der Waals surface area contributed by atoms with Crippen LogP contribution >= 0.6 is 0 Å². The van der Waals surface area contributed by atoms with Crippen LogP contribution < -0.4 is 0 Å².